The number of nitrogens with one attached hydrogen (secondary N) is 1. The van der Waals surface area contributed by atoms with Gasteiger partial charge in [0.1, 0.15) is 5.54 Å². The van der Waals surface area contributed by atoms with Gasteiger partial charge in [-0.2, -0.15) is 5.10 Å². The van der Waals surface area contributed by atoms with Gasteiger partial charge in [0.2, 0.25) is 11.9 Å². The molecule has 1 saturated heterocycles. The highest BCUT2D eigenvalue weighted by Gasteiger charge is 2.37. The molecule has 40 heavy (non-hydrogen) atoms. The van der Waals surface area contributed by atoms with E-state index in [4.69, 9.17) is 9.84 Å². The fraction of sp³-hybridized carbons (Fsp3) is 0.630. The van der Waals surface area contributed by atoms with Gasteiger partial charge in [0, 0.05) is 55.2 Å². The molecule has 0 aromatic carbocycles. The zero-order valence-electron chi connectivity index (χ0n) is 23.6. The molecule has 0 bridgehead atoms. The summed E-state index contributed by atoms with van der Waals surface area (Å²) in [5, 5.41) is 22.8. The number of aliphatic hydroxyl groups excluding tert-OH is 1. The molecule has 218 valence electrons. The lowest BCUT2D eigenvalue weighted by molar-refractivity contribution is -0.139. The van der Waals surface area contributed by atoms with Crippen LogP contribution < -0.4 is 5.32 Å². The van der Waals surface area contributed by atoms with E-state index < -0.39 is 15.4 Å². The molecule has 2 aliphatic rings. The monoisotopic (exact) mass is 573 g/mol. The number of anilines is 1. The van der Waals surface area contributed by atoms with Crippen molar-refractivity contribution in [3.63, 3.8) is 0 Å². The van der Waals surface area contributed by atoms with Crippen molar-refractivity contribution in [1.82, 2.24) is 29.3 Å². The molecule has 3 aromatic rings. The Morgan fingerprint density at radius 3 is 2.58 bits per heavy atom. The van der Waals surface area contributed by atoms with Crippen molar-refractivity contribution < 1.29 is 23.1 Å². The lowest BCUT2D eigenvalue weighted by Crippen LogP contribution is -2.52. The molecule has 1 aliphatic heterocycles. The third kappa shape index (κ3) is 5.72. The van der Waals surface area contributed by atoms with Crippen LogP contribution in [0.5, 0.6) is 0 Å². The Morgan fingerprint density at radius 2 is 1.90 bits per heavy atom. The van der Waals surface area contributed by atoms with Crippen molar-refractivity contribution in [1.29, 1.82) is 0 Å². The number of aliphatic hydroxyl groups is 1. The molecule has 12 nitrogen and oxygen atoms in total. The SMILES string of the molecule is COC[C@H](C)Nc1ncc2c(-c3cnn(C(C)(C)C(=O)N4CCS(=O)(=O)CC4)c3)cc([C@H]3CC[C@H](O)CC3)n2n1. The summed E-state index contributed by atoms with van der Waals surface area (Å²) in [6, 6.07) is 2.16. The number of carbonyl (C=O) groups is 1. The highest BCUT2D eigenvalue weighted by molar-refractivity contribution is 7.91. The topological polar surface area (TPSA) is 144 Å². The van der Waals surface area contributed by atoms with Gasteiger partial charge in [0.05, 0.1) is 42.1 Å². The van der Waals surface area contributed by atoms with Crippen LogP contribution in [-0.2, 0) is 24.9 Å². The third-order valence-corrected chi connectivity index (χ3v) is 9.68. The molecule has 0 unspecified atom stereocenters. The second-order valence-electron chi connectivity index (χ2n) is 11.5. The predicted octanol–water partition coefficient (Wildman–Crippen LogP) is 2.05. The van der Waals surface area contributed by atoms with Crippen molar-refractivity contribution in [2.24, 2.45) is 0 Å². The molecular formula is C27H39N7O5S. The fourth-order valence-corrected chi connectivity index (χ4v) is 6.86. The molecular weight excluding hydrogens is 534 g/mol. The van der Waals surface area contributed by atoms with Crippen LogP contribution in [0, 0.1) is 0 Å². The second kappa shape index (κ2) is 11.1. The van der Waals surface area contributed by atoms with E-state index in [1.54, 1.807) is 42.9 Å². The predicted molar refractivity (Wildman–Crippen MR) is 151 cm³/mol. The number of hydrogen-bond donors (Lipinski definition) is 2. The average molecular weight is 574 g/mol. The van der Waals surface area contributed by atoms with Crippen molar-refractivity contribution in [2.75, 3.05) is 43.6 Å². The number of aromatic nitrogens is 5. The Hall–Kier alpha value is -3.03. The van der Waals surface area contributed by atoms with Crippen LogP contribution in [0.25, 0.3) is 16.6 Å². The van der Waals surface area contributed by atoms with Gasteiger partial charge in [-0.25, -0.2) is 17.9 Å². The Labute approximate surface area is 234 Å². The Balaban J connectivity index is 1.47. The lowest BCUT2D eigenvalue weighted by atomic mass is 9.85. The van der Waals surface area contributed by atoms with Crippen molar-refractivity contribution in [2.45, 2.75) is 70.1 Å². The van der Waals surface area contributed by atoms with E-state index in [9.17, 15) is 18.3 Å². The smallest absolute Gasteiger partial charge is 0.250 e. The summed E-state index contributed by atoms with van der Waals surface area (Å²) >= 11 is 0. The van der Waals surface area contributed by atoms with Gasteiger partial charge in [0.15, 0.2) is 9.84 Å². The minimum atomic E-state index is -3.09. The largest absolute Gasteiger partial charge is 0.393 e. The van der Waals surface area contributed by atoms with Crippen molar-refractivity contribution in [3.05, 3.63) is 30.4 Å². The van der Waals surface area contributed by atoms with Crippen LogP contribution in [0.1, 0.15) is 58.1 Å². The van der Waals surface area contributed by atoms with E-state index in [2.05, 4.69) is 21.5 Å². The van der Waals surface area contributed by atoms with Gasteiger partial charge in [-0.15, -0.1) is 5.10 Å². The first kappa shape index (κ1) is 28.5. The zero-order chi connectivity index (χ0) is 28.7. The summed E-state index contributed by atoms with van der Waals surface area (Å²) in [6.45, 7) is 6.51. The normalized spacial score (nSPS) is 22.4. The van der Waals surface area contributed by atoms with Gasteiger partial charge in [0.25, 0.3) is 0 Å². The molecule has 13 heteroatoms. The fourth-order valence-electron chi connectivity index (χ4n) is 5.65. The second-order valence-corrected chi connectivity index (χ2v) is 13.8. The average Bonchev–Trinajstić information content (AvgIpc) is 3.55. The summed E-state index contributed by atoms with van der Waals surface area (Å²) in [5.41, 5.74) is 2.63. The minimum Gasteiger partial charge on any atom is -0.393 e. The van der Waals surface area contributed by atoms with E-state index >= 15 is 0 Å². The van der Waals surface area contributed by atoms with Gasteiger partial charge in [-0.3, -0.25) is 9.48 Å². The molecule has 2 fully saturated rings. The van der Waals surface area contributed by atoms with Crippen LogP contribution >= 0.6 is 0 Å². The summed E-state index contributed by atoms with van der Waals surface area (Å²) in [6.07, 6.45) is 8.37. The highest BCUT2D eigenvalue weighted by Crippen LogP contribution is 2.38. The van der Waals surface area contributed by atoms with E-state index in [1.807, 2.05) is 17.6 Å². The molecule has 2 N–H and O–H groups in total. The number of rotatable bonds is 8. The minimum absolute atomic E-state index is 0.0159. The number of amides is 1. The van der Waals surface area contributed by atoms with Gasteiger partial charge < -0.3 is 20.1 Å². The first-order chi connectivity index (χ1) is 19.0. The van der Waals surface area contributed by atoms with Crippen LogP contribution in [0.2, 0.25) is 0 Å². The number of hydrogen-bond acceptors (Lipinski definition) is 9. The summed E-state index contributed by atoms with van der Waals surface area (Å²) in [4.78, 5) is 19.6. The number of carbonyl (C=O) groups excluding carboxylic acids is 1. The summed E-state index contributed by atoms with van der Waals surface area (Å²) < 4.78 is 32.5. The van der Waals surface area contributed by atoms with Gasteiger partial charge in [-0.05, 0) is 52.5 Å². The van der Waals surface area contributed by atoms with Gasteiger partial charge in [-0.1, -0.05) is 0 Å². The molecule has 5 rings (SSSR count). The number of nitrogens with zero attached hydrogens (tertiary/aromatic N) is 6. The quantitative estimate of drug-likeness (QED) is 0.414. The maximum Gasteiger partial charge on any atom is 0.250 e. The summed E-state index contributed by atoms with van der Waals surface area (Å²) in [5.74, 6) is 0.551. The molecule has 1 amide bonds. The highest BCUT2D eigenvalue weighted by atomic mass is 32.2. The maximum absolute atomic E-state index is 13.4. The first-order valence-corrected chi connectivity index (χ1v) is 15.7. The van der Waals surface area contributed by atoms with Crippen LogP contribution in [-0.4, -0.2) is 99.2 Å². The Kier molecular flexibility index (Phi) is 7.90. The van der Waals surface area contributed by atoms with E-state index in [0.717, 1.165) is 48.0 Å². The standard InChI is InChI=1S/C27H39N7O5S/c1-18(17-39-4)30-26-28-15-24-22(13-23(34(24)31-26)19-5-7-21(35)8-6-19)20-14-29-33(16-20)27(2,3)25(36)32-9-11-40(37,38)12-10-32/h13-16,18-19,21,35H,5-12,17H2,1-4H3,(H,30,31)/t18-,19-,21-/m0/s1. The van der Waals surface area contributed by atoms with E-state index in [0.29, 0.717) is 12.6 Å². The van der Waals surface area contributed by atoms with Crippen molar-refractivity contribution in [3.8, 4) is 11.1 Å². The molecule has 4 heterocycles. The zero-order valence-corrected chi connectivity index (χ0v) is 24.4. The molecule has 1 atom stereocenters. The molecule has 1 saturated carbocycles. The molecule has 0 radical (unpaired) electrons. The number of methoxy groups -OCH3 is 1. The van der Waals surface area contributed by atoms with E-state index in [-0.39, 0.29) is 48.6 Å². The first-order valence-electron chi connectivity index (χ1n) is 13.9. The van der Waals surface area contributed by atoms with Crippen LogP contribution in [0.4, 0.5) is 5.95 Å². The maximum atomic E-state index is 13.4. The van der Waals surface area contributed by atoms with Gasteiger partial charge >= 0.3 is 0 Å². The van der Waals surface area contributed by atoms with E-state index in [1.165, 1.54) is 0 Å². The molecule has 1 aliphatic carbocycles. The number of sulfone groups is 1. The number of fused-ring (bicyclic) bond motifs is 1. The molecule has 0 spiro atoms. The van der Waals surface area contributed by atoms with Crippen LogP contribution in [0.15, 0.2) is 24.7 Å². The third-order valence-electron chi connectivity index (χ3n) is 8.07. The number of ether oxygens (including phenoxy) is 1. The lowest BCUT2D eigenvalue weighted by Gasteiger charge is -2.34. The Morgan fingerprint density at radius 1 is 1.20 bits per heavy atom. The Bertz CT molecular complexity index is 1460. The van der Waals surface area contributed by atoms with Crippen molar-refractivity contribution >= 4 is 27.2 Å². The van der Waals surface area contributed by atoms with Crippen LogP contribution in [0.3, 0.4) is 0 Å². The summed E-state index contributed by atoms with van der Waals surface area (Å²) in [7, 11) is -1.44. The molecule has 3 aromatic heterocycles.